The molecule has 2 N–H and O–H groups in total. The van der Waals surface area contributed by atoms with Gasteiger partial charge in [0.15, 0.2) is 0 Å². The summed E-state index contributed by atoms with van der Waals surface area (Å²) in [6.07, 6.45) is 0. The normalized spacial score (nSPS) is 28.4. The van der Waals surface area contributed by atoms with Crippen LogP contribution in [0.25, 0.3) is 0 Å². The van der Waals surface area contributed by atoms with Crippen LogP contribution in [0.2, 0.25) is 5.02 Å². The van der Waals surface area contributed by atoms with Crippen LogP contribution in [-0.2, 0) is 0 Å². The number of benzene rings is 1. The minimum Gasteiger partial charge on any atom is -0.318 e. The minimum absolute atomic E-state index is 0.298. The molecule has 3 unspecified atom stereocenters. The maximum Gasteiger partial charge on any atom is 0.129 e. The zero-order valence-electron chi connectivity index (χ0n) is 9.48. The number of nitriles is 1. The van der Waals surface area contributed by atoms with E-state index in [0.717, 1.165) is 11.5 Å². The van der Waals surface area contributed by atoms with Crippen molar-refractivity contribution in [2.75, 3.05) is 11.5 Å². The molecule has 0 spiro atoms. The molecule has 3 atom stereocenters. The lowest BCUT2D eigenvalue weighted by atomic mass is 9.99. The van der Waals surface area contributed by atoms with Crippen LogP contribution in [0, 0.1) is 23.1 Å². The van der Waals surface area contributed by atoms with Gasteiger partial charge in [-0.05, 0) is 12.1 Å². The van der Waals surface area contributed by atoms with Crippen LogP contribution >= 0.6 is 35.1 Å². The number of nitrogens with zero attached hydrogens (tertiary/aromatic N) is 1. The Hall–Kier alpha value is -0.410. The molecule has 6 heteroatoms. The third kappa shape index (κ3) is 2.77. The molecular formula is C12H12ClFN2S2. The third-order valence-electron chi connectivity index (χ3n) is 2.80. The molecule has 0 bridgehead atoms. The highest BCUT2D eigenvalue weighted by molar-refractivity contribution is 8.04. The summed E-state index contributed by atoms with van der Waals surface area (Å²) in [6, 6.07) is 6.80. The van der Waals surface area contributed by atoms with Gasteiger partial charge in [-0.3, -0.25) is 0 Å². The molecule has 2 rings (SSSR count). The minimum atomic E-state index is -0.433. The summed E-state index contributed by atoms with van der Waals surface area (Å²) in [7, 11) is 0. The fourth-order valence-electron chi connectivity index (χ4n) is 1.93. The number of thioether (sulfide) groups is 2. The standard InChI is InChI=1S/C12H12ClFN2S2/c13-8-2-1-3-9(14)10(8)11-7(6-15)12(16)18-5-4-17-11/h1-3,7,11-12H,4-5,16H2. The molecule has 1 aromatic carbocycles. The molecule has 1 aliphatic rings. The molecular weight excluding hydrogens is 291 g/mol. The molecule has 0 saturated carbocycles. The van der Waals surface area contributed by atoms with Crippen molar-refractivity contribution >= 4 is 35.1 Å². The predicted octanol–water partition coefficient (Wildman–Crippen LogP) is 3.42. The Bertz CT molecular complexity index is 457. The SMILES string of the molecule is N#CC1C(N)SCCSC1c1c(F)cccc1Cl. The summed E-state index contributed by atoms with van der Waals surface area (Å²) in [5.74, 6) is 0.912. The van der Waals surface area contributed by atoms with Crippen molar-refractivity contribution in [2.45, 2.75) is 10.6 Å². The van der Waals surface area contributed by atoms with Crippen LogP contribution in [-0.4, -0.2) is 16.9 Å². The highest BCUT2D eigenvalue weighted by atomic mass is 35.5. The molecule has 18 heavy (non-hydrogen) atoms. The molecule has 1 fully saturated rings. The Labute approximate surface area is 119 Å². The van der Waals surface area contributed by atoms with Crippen LogP contribution < -0.4 is 5.73 Å². The van der Waals surface area contributed by atoms with E-state index in [0.29, 0.717) is 10.6 Å². The lowest BCUT2D eigenvalue weighted by Gasteiger charge is -2.23. The Morgan fingerprint density at radius 3 is 2.78 bits per heavy atom. The first-order valence-electron chi connectivity index (χ1n) is 5.47. The summed E-state index contributed by atoms with van der Waals surface area (Å²) in [6.45, 7) is 0. The Balaban J connectivity index is 2.43. The summed E-state index contributed by atoms with van der Waals surface area (Å²) < 4.78 is 13.9. The van der Waals surface area contributed by atoms with Gasteiger partial charge < -0.3 is 5.73 Å². The Morgan fingerprint density at radius 2 is 2.11 bits per heavy atom. The molecule has 1 aromatic rings. The first-order valence-corrected chi connectivity index (χ1v) is 7.95. The Morgan fingerprint density at radius 1 is 1.39 bits per heavy atom. The molecule has 0 radical (unpaired) electrons. The predicted molar refractivity (Wildman–Crippen MR) is 76.1 cm³/mol. The van der Waals surface area contributed by atoms with Crippen molar-refractivity contribution in [2.24, 2.45) is 11.7 Å². The monoisotopic (exact) mass is 302 g/mol. The van der Waals surface area contributed by atoms with E-state index >= 15 is 0 Å². The van der Waals surface area contributed by atoms with Crippen molar-refractivity contribution in [1.29, 1.82) is 5.26 Å². The number of nitrogens with two attached hydrogens (primary N) is 1. The molecule has 2 nitrogen and oxygen atoms in total. The van der Waals surface area contributed by atoms with Crippen molar-refractivity contribution in [3.63, 3.8) is 0 Å². The van der Waals surface area contributed by atoms with Crippen LogP contribution in [0.15, 0.2) is 18.2 Å². The van der Waals surface area contributed by atoms with Gasteiger partial charge in [0.25, 0.3) is 0 Å². The zero-order valence-corrected chi connectivity index (χ0v) is 11.9. The lowest BCUT2D eigenvalue weighted by Crippen LogP contribution is -2.28. The van der Waals surface area contributed by atoms with E-state index in [4.69, 9.17) is 17.3 Å². The fourth-order valence-corrected chi connectivity index (χ4v) is 4.94. The van der Waals surface area contributed by atoms with Crippen LogP contribution in [0.1, 0.15) is 10.8 Å². The smallest absolute Gasteiger partial charge is 0.129 e. The fraction of sp³-hybridized carbons (Fsp3) is 0.417. The second-order valence-electron chi connectivity index (χ2n) is 3.92. The van der Waals surface area contributed by atoms with Crippen molar-refractivity contribution in [3.05, 3.63) is 34.6 Å². The van der Waals surface area contributed by atoms with E-state index in [9.17, 15) is 9.65 Å². The second-order valence-corrected chi connectivity index (χ2v) is 6.86. The molecule has 0 aliphatic carbocycles. The van der Waals surface area contributed by atoms with Gasteiger partial charge in [-0.15, -0.1) is 11.8 Å². The highest BCUT2D eigenvalue weighted by Gasteiger charge is 2.34. The van der Waals surface area contributed by atoms with E-state index in [2.05, 4.69) is 6.07 Å². The Kier molecular flexibility index (Phi) is 4.79. The quantitative estimate of drug-likeness (QED) is 0.863. The van der Waals surface area contributed by atoms with Crippen LogP contribution in [0.5, 0.6) is 0 Å². The van der Waals surface area contributed by atoms with Gasteiger partial charge in [-0.1, -0.05) is 17.7 Å². The summed E-state index contributed by atoms with van der Waals surface area (Å²) >= 11 is 9.18. The molecule has 0 amide bonds. The maximum absolute atomic E-state index is 13.9. The van der Waals surface area contributed by atoms with Crippen molar-refractivity contribution in [3.8, 4) is 6.07 Å². The highest BCUT2D eigenvalue weighted by Crippen LogP contribution is 2.45. The first kappa shape index (κ1) is 14.0. The molecule has 1 heterocycles. The van der Waals surface area contributed by atoms with E-state index in [1.165, 1.54) is 6.07 Å². The van der Waals surface area contributed by atoms with Gasteiger partial charge in [0.2, 0.25) is 0 Å². The van der Waals surface area contributed by atoms with Gasteiger partial charge in [0.05, 0.1) is 22.6 Å². The zero-order chi connectivity index (χ0) is 13.1. The lowest BCUT2D eigenvalue weighted by molar-refractivity contribution is 0.568. The van der Waals surface area contributed by atoms with Crippen molar-refractivity contribution in [1.82, 2.24) is 0 Å². The van der Waals surface area contributed by atoms with E-state index in [-0.39, 0.29) is 16.4 Å². The van der Waals surface area contributed by atoms with Gasteiger partial charge in [0.1, 0.15) is 5.82 Å². The van der Waals surface area contributed by atoms with Crippen LogP contribution in [0.3, 0.4) is 0 Å². The second kappa shape index (κ2) is 6.16. The molecule has 1 saturated heterocycles. The number of hydrogen-bond donors (Lipinski definition) is 1. The van der Waals surface area contributed by atoms with E-state index in [1.807, 2.05) is 0 Å². The van der Waals surface area contributed by atoms with Gasteiger partial charge in [0, 0.05) is 22.1 Å². The average molecular weight is 303 g/mol. The topological polar surface area (TPSA) is 49.8 Å². The number of halogens is 2. The maximum atomic E-state index is 13.9. The average Bonchev–Trinajstić information content (AvgIpc) is 2.51. The summed E-state index contributed by atoms with van der Waals surface area (Å²) in [5, 5.41) is 9.05. The first-order chi connectivity index (χ1) is 8.65. The van der Waals surface area contributed by atoms with Crippen LogP contribution in [0.4, 0.5) is 4.39 Å². The molecule has 1 aliphatic heterocycles. The van der Waals surface area contributed by atoms with Gasteiger partial charge >= 0.3 is 0 Å². The summed E-state index contributed by atoms with van der Waals surface area (Å²) in [4.78, 5) is 0. The van der Waals surface area contributed by atoms with E-state index < -0.39 is 5.92 Å². The number of hydrogen-bond acceptors (Lipinski definition) is 4. The summed E-state index contributed by atoms with van der Waals surface area (Å²) in [5.41, 5.74) is 6.39. The van der Waals surface area contributed by atoms with Gasteiger partial charge in [-0.2, -0.15) is 17.0 Å². The largest absolute Gasteiger partial charge is 0.318 e. The van der Waals surface area contributed by atoms with Gasteiger partial charge in [-0.25, -0.2) is 4.39 Å². The molecule has 96 valence electrons. The van der Waals surface area contributed by atoms with E-state index in [1.54, 1.807) is 35.7 Å². The number of rotatable bonds is 1. The molecule has 0 aromatic heterocycles. The third-order valence-corrected chi connectivity index (χ3v) is 5.84. The van der Waals surface area contributed by atoms with Crippen molar-refractivity contribution < 1.29 is 4.39 Å².